The summed E-state index contributed by atoms with van der Waals surface area (Å²) in [5.74, 6) is 1.37. The molecule has 1 atom stereocenters. The van der Waals surface area contributed by atoms with Crippen LogP contribution in [0, 0.1) is 5.82 Å². The molecule has 1 aromatic rings. The fraction of sp³-hybridized carbons (Fsp3) is 0.417. The van der Waals surface area contributed by atoms with Gasteiger partial charge in [-0.2, -0.15) is 11.8 Å². The average molecular weight is 253 g/mol. The van der Waals surface area contributed by atoms with Crippen molar-refractivity contribution >= 4 is 23.4 Å². The van der Waals surface area contributed by atoms with Crippen LogP contribution in [0.5, 0.6) is 0 Å². The molecule has 0 amide bonds. The average Bonchev–Trinajstić information content (AvgIpc) is 2.69. The Labute approximate surface area is 105 Å². The van der Waals surface area contributed by atoms with Crippen LogP contribution < -0.4 is 10.6 Å². The van der Waals surface area contributed by atoms with Crippen LogP contribution in [0.4, 0.5) is 10.1 Å². The molecule has 1 aromatic carbocycles. The number of hydrogen-bond donors (Lipinski definition) is 1. The van der Waals surface area contributed by atoms with Crippen LogP contribution in [0.3, 0.4) is 0 Å². The van der Waals surface area contributed by atoms with Crippen molar-refractivity contribution in [2.24, 2.45) is 10.7 Å². The maximum absolute atomic E-state index is 12.9. The monoisotopic (exact) mass is 253 g/mol. The molecule has 1 aliphatic heterocycles. The molecule has 0 saturated carbocycles. The number of aliphatic imine (C=N–C) groups is 1. The summed E-state index contributed by atoms with van der Waals surface area (Å²) < 4.78 is 12.9. The van der Waals surface area contributed by atoms with Crippen LogP contribution in [-0.2, 0) is 0 Å². The Morgan fingerprint density at radius 2 is 2.18 bits per heavy atom. The van der Waals surface area contributed by atoms with Gasteiger partial charge in [0, 0.05) is 5.69 Å². The lowest BCUT2D eigenvalue weighted by Gasteiger charge is -2.26. The predicted octanol–water partition coefficient (Wildman–Crippen LogP) is 2.08. The molecule has 5 heteroatoms. The number of benzene rings is 1. The molecule has 1 heterocycles. The highest BCUT2D eigenvalue weighted by Crippen LogP contribution is 2.23. The number of rotatable bonds is 4. The maximum atomic E-state index is 12.9. The molecule has 2 N–H and O–H groups in total. The van der Waals surface area contributed by atoms with Gasteiger partial charge in [-0.25, -0.2) is 4.39 Å². The first-order valence-electron chi connectivity index (χ1n) is 5.56. The molecule has 1 unspecified atom stereocenters. The van der Waals surface area contributed by atoms with E-state index in [0.29, 0.717) is 12.0 Å². The summed E-state index contributed by atoms with van der Waals surface area (Å²) in [6.45, 7) is 0.726. The van der Waals surface area contributed by atoms with Crippen LogP contribution in [0.15, 0.2) is 29.3 Å². The molecular weight excluding hydrogens is 237 g/mol. The van der Waals surface area contributed by atoms with E-state index in [9.17, 15) is 4.39 Å². The molecule has 2 rings (SSSR count). The lowest BCUT2D eigenvalue weighted by Crippen LogP contribution is -2.41. The van der Waals surface area contributed by atoms with Crippen LogP contribution >= 0.6 is 11.8 Å². The smallest absolute Gasteiger partial charge is 0.196 e. The summed E-state index contributed by atoms with van der Waals surface area (Å²) in [5.41, 5.74) is 6.80. The second-order valence-electron chi connectivity index (χ2n) is 3.98. The largest absolute Gasteiger partial charge is 0.370 e. The SMILES string of the molecule is CSCCC1CN=C(N)N1c1ccc(F)cc1. The van der Waals surface area contributed by atoms with Crippen LogP contribution in [0.2, 0.25) is 0 Å². The third-order valence-corrected chi connectivity index (χ3v) is 3.48. The zero-order valence-electron chi connectivity index (χ0n) is 9.77. The number of hydrogen-bond acceptors (Lipinski definition) is 4. The minimum Gasteiger partial charge on any atom is -0.370 e. The van der Waals surface area contributed by atoms with Crippen LogP contribution in [0.1, 0.15) is 6.42 Å². The fourth-order valence-electron chi connectivity index (χ4n) is 1.96. The summed E-state index contributed by atoms with van der Waals surface area (Å²) in [5, 5.41) is 0. The lowest BCUT2D eigenvalue weighted by molar-refractivity contribution is 0.627. The van der Waals surface area contributed by atoms with Gasteiger partial charge in [0.25, 0.3) is 0 Å². The molecular formula is C12H16FN3S. The van der Waals surface area contributed by atoms with Crippen molar-refractivity contribution in [1.29, 1.82) is 0 Å². The molecule has 0 radical (unpaired) electrons. The summed E-state index contributed by atoms with van der Waals surface area (Å²) >= 11 is 1.81. The van der Waals surface area contributed by atoms with Gasteiger partial charge in [0.15, 0.2) is 5.96 Å². The fourth-order valence-corrected chi connectivity index (χ4v) is 2.47. The number of thioether (sulfide) groups is 1. The normalized spacial score (nSPS) is 19.5. The first-order valence-corrected chi connectivity index (χ1v) is 6.95. The highest BCUT2D eigenvalue weighted by molar-refractivity contribution is 7.98. The predicted molar refractivity (Wildman–Crippen MR) is 72.2 cm³/mol. The van der Waals surface area contributed by atoms with Gasteiger partial charge in [0.05, 0.1) is 12.6 Å². The van der Waals surface area contributed by atoms with Crippen molar-refractivity contribution in [3.05, 3.63) is 30.1 Å². The van der Waals surface area contributed by atoms with Crippen molar-refractivity contribution in [3.63, 3.8) is 0 Å². The van der Waals surface area contributed by atoms with Crippen molar-refractivity contribution in [1.82, 2.24) is 0 Å². The Morgan fingerprint density at radius 3 is 2.82 bits per heavy atom. The molecule has 1 aliphatic rings. The van der Waals surface area contributed by atoms with E-state index >= 15 is 0 Å². The van der Waals surface area contributed by atoms with Gasteiger partial charge in [0.1, 0.15) is 5.82 Å². The second-order valence-corrected chi connectivity index (χ2v) is 4.97. The third-order valence-electron chi connectivity index (χ3n) is 2.84. The van der Waals surface area contributed by atoms with Gasteiger partial charge in [-0.15, -0.1) is 0 Å². The van der Waals surface area contributed by atoms with E-state index in [4.69, 9.17) is 5.73 Å². The zero-order chi connectivity index (χ0) is 12.3. The van der Waals surface area contributed by atoms with E-state index in [1.807, 2.05) is 16.7 Å². The minimum atomic E-state index is -0.232. The highest BCUT2D eigenvalue weighted by atomic mass is 32.2. The summed E-state index contributed by atoms with van der Waals surface area (Å²) in [7, 11) is 0. The van der Waals surface area contributed by atoms with E-state index in [1.54, 1.807) is 12.1 Å². The standard InChI is InChI=1S/C12H16FN3S/c1-17-7-6-11-8-15-12(14)16(11)10-4-2-9(13)3-5-10/h2-5,11H,6-8H2,1H3,(H2,14,15). The quantitative estimate of drug-likeness (QED) is 0.893. The number of guanidine groups is 1. The van der Waals surface area contributed by atoms with Crippen LogP contribution in [-0.4, -0.2) is 30.6 Å². The van der Waals surface area contributed by atoms with Crippen molar-refractivity contribution in [3.8, 4) is 0 Å². The molecule has 3 nitrogen and oxygen atoms in total. The number of halogens is 1. The van der Waals surface area contributed by atoms with Gasteiger partial charge in [-0.1, -0.05) is 0 Å². The summed E-state index contributed by atoms with van der Waals surface area (Å²) in [6, 6.07) is 6.69. The molecule has 0 spiro atoms. The van der Waals surface area contributed by atoms with E-state index in [2.05, 4.69) is 11.2 Å². The van der Waals surface area contributed by atoms with Gasteiger partial charge in [-0.3, -0.25) is 4.99 Å². The molecule has 0 aromatic heterocycles. The number of anilines is 1. The van der Waals surface area contributed by atoms with Gasteiger partial charge < -0.3 is 10.6 Å². The molecule has 0 saturated heterocycles. The Balaban J connectivity index is 2.15. The molecule has 0 fully saturated rings. The number of nitrogens with zero attached hydrogens (tertiary/aromatic N) is 2. The molecule has 17 heavy (non-hydrogen) atoms. The number of nitrogens with two attached hydrogens (primary N) is 1. The summed E-state index contributed by atoms with van der Waals surface area (Å²) in [6.07, 6.45) is 3.12. The zero-order valence-corrected chi connectivity index (χ0v) is 10.6. The Kier molecular flexibility index (Phi) is 3.89. The van der Waals surface area contributed by atoms with Crippen molar-refractivity contribution in [2.45, 2.75) is 12.5 Å². The Morgan fingerprint density at radius 1 is 1.47 bits per heavy atom. The second kappa shape index (κ2) is 5.40. The van der Waals surface area contributed by atoms with Crippen molar-refractivity contribution in [2.75, 3.05) is 23.5 Å². The van der Waals surface area contributed by atoms with E-state index in [-0.39, 0.29) is 5.82 Å². The van der Waals surface area contributed by atoms with Crippen LogP contribution in [0.25, 0.3) is 0 Å². The van der Waals surface area contributed by atoms with E-state index < -0.39 is 0 Å². The van der Waals surface area contributed by atoms with Crippen molar-refractivity contribution < 1.29 is 4.39 Å². The topological polar surface area (TPSA) is 41.6 Å². The van der Waals surface area contributed by atoms with Gasteiger partial charge in [0.2, 0.25) is 0 Å². The molecule has 0 aliphatic carbocycles. The first-order chi connectivity index (χ1) is 8.22. The van der Waals surface area contributed by atoms with Gasteiger partial charge >= 0.3 is 0 Å². The Bertz CT molecular complexity index is 405. The lowest BCUT2D eigenvalue weighted by atomic mass is 10.2. The van der Waals surface area contributed by atoms with E-state index in [0.717, 1.165) is 24.4 Å². The Hall–Kier alpha value is -1.23. The molecule has 0 bridgehead atoms. The first kappa shape index (κ1) is 12.2. The summed E-state index contributed by atoms with van der Waals surface area (Å²) in [4.78, 5) is 6.26. The highest BCUT2D eigenvalue weighted by Gasteiger charge is 2.26. The maximum Gasteiger partial charge on any atom is 0.196 e. The minimum absolute atomic E-state index is 0.232. The van der Waals surface area contributed by atoms with Gasteiger partial charge in [-0.05, 0) is 42.7 Å². The molecule has 92 valence electrons. The third kappa shape index (κ3) is 2.72. The van der Waals surface area contributed by atoms with E-state index in [1.165, 1.54) is 12.1 Å².